The van der Waals surface area contributed by atoms with Crippen LogP contribution in [0.15, 0.2) is 60.4 Å². The van der Waals surface area contributed by atoms with Crippen LogP contribution in [0.2, 0.25) is 0 Å². The van der Waals surface area contributed by atoms with E-state index in [2.05, 4.69) is 11.6 Å². The molecule has 146 valence electrons. The van der Waals surface area contributed by atoms with E-state index >= 15 is 0 Å². The molecular weight excluding hydrogens is 376 g/mol. The lowest BCUT2D eigenvalue weighted by atomic mass is 10.0. The van der Waals surface area contributed by atoms with E-state index in [0.29, 0.717) is 5.56 Å². The third kappa shape index (κ3) is 4.77. The van der Waals surface area contributed by atoms with Gasteiger partial charge in [0.1, 0.15) is 0 Å². The predicted octanol–water partition coefficient (Wildman–Crippen LogP) is 2.81. The van der Waals surface area contributed by atoms with E-state index in [1.807, 2.05) is 31.1 Å². The van der Waals surface area contributed by atoms with Crippen LogP contribution >= 0.6 is 0 Å². The summed E-state index contributed by atoms with van der Waals surface area (Å²) in [7, 11) is 3.83. The zero-order valence-electron chi connectivity index (χ0n) is 16.0. The second-order valence-corrected chi connectivity index (χ2v) is 6.81. The van der Waals surface area contributed by atoms with Gasteiger partial charge in [0.25, 0.3) is 5.69 Å². The van der Waals surface area contributed by atoms with Crippen molar-refractivity contribution in [1.82, 2.24) is 0 Å². The summed E-state index contributed by atoms with van der Waals surface area (Å²) < 4.78 is 1.66. The number of aliphatic imine (C=N–C) groups is 1. The van der Waals surface area contributed by atoms with Crippen LogP contribution in [0.5, 0.6) is 0 Å². The SMILES string of the molecule is C=CCN=C([S-])[C@H](C(=O)c1ccc(C)c([N+](=O)[O-])c1)[n+]1ccc(N(C)C)cc1. The quantitative estimate of drug-likeness (QED) is 0.0998. The molecule has 1 atom stereocenters. The summed E-state index contributed by atoms with van der Waals surface area (Å²) in [5.41, 5.74) is 1.55. The summed E-state index contributed by atoms with van der Waals surface area (Å²) >= 11 is 5.39. The lowest BCUT2D eigenvalue weighted by molar-refractivity contribution is -0.691. The number of carbonyl (C=O) groups excluding carboxylic acids is 1. The van der Waals surface area contributed by atoms with E-state index in [-0.39, 0.29) is 28.6 Å². The van der Waals surface area contributed by atoms with Crippen molar-refractivity contribution in [2.45, 2.75) is 13.0 Å². The molecule has 0 unspecified atom stereocenters. The number of nitrogens with zero attached hydrogens (tertiary/aromatic N) is 4. The monoisotopic (exact) mass is 398 g/mol. The van der Waals surface area contributed by atoms with Crippen LogP contribution in [-0.2, 0) is 12.6 Å². The Kier molecular flexibility index (Phi) is 6.94. The van der Waals surface area contributed by atoms with Gasteiger partial charge in [-0.2, -0.15) is 4.57 Å². The molecule has 0 bridgehead atoms. The molecule has 2 rings (SSSR count). The molecule has 7 nitrogen and oxygen atoms in total. The smallest absolute Gasteiger partial charge is 0.273 e. The van der Waals surface area contributed by atoms with Crippen LogP contribution in [0.3, 0.4) is 0 Å². The Bertz CT molecular complexity index is 924. The highest BCUT2D eigenvalue weighted by Crippen LogP contribution is 2.22. The van der Waals surface area contributed by atoms with Gasteiger partial charge >= 0.3 is 0 Å². The highest BCUT2D eigenvalue weighted by molar-refractivity contribution is 7.77. The number of Topliss-reactive ketones (excluding diaryl/α,β-unsaturated/α-hetero) is 1. The number of hydrogen-bond acceptors (Lipinski definition) is 6. The Morgan fingerprint density at radius 3 is 2.54 bits per heavy atom. The van der Waals surface area contributed by atoms with E-state index in [9.17, 15) is 14.9 Å². The number of pyridine rings is 1. The molecule has 0 radical (unpaired) electrons. The molecule has 0 saturated heterocycles. The fourth-order valence-corrected chi connectivity index (χ4v) is 2.94. The maximum atomic E-state index is 13.2. The van der Waals surface area contributed by atoms with Crippen molar-refractivity contribution in [3.63, 3.8) is 0 Å². The van der Waals surface area contributed by atoms with Crippen molar-refractivity contribution in [1.29, 1.82) is 0 Å². The summed E-state index contributed by atoms with van der Waals surface area (Å²) in [4.78, 5) is 30.1. The van der Waals surface area contributed by atoms with Gasteiger partial charge in [0.2, 0.25) is 11.8 Å². The van der Waals surface area contributed by atoms with Crippen LogP contribution in [0.25, 0.3) is 0 Å². The lowest BCUT2D eigenvalue weighted by Crippen LogP contribution is -2.47. The first-order valence-electron chi connectivity index (χ1n) is 8.56. The standard InChI is InChI=1S/C20H22N4O3S/c1-5-10-21-20(28)18(23-11-8-16(9-12-23)22(3)4)19(25)15-7-6-14(2)17(13-15)24(26)27/h5-9,11-13,18H,1,10H2,2-4H3/t18-/m0/s1. The summed E-state index contributed by atoms with van der Waals surface area (Å²) in [6.45, 7) is 5.53. The Morgan fingerprint density at radius 1 is 1.36 bits per heavy atom. The van der Waals surface area contributed by atoms with Crippen molar-refractivity contribution in [3.8, 4) is 0 Å². The van der Waals surface area contributed by atoms with Crippen molar-refractivity contribution < 1.29 is 14.3 Å². The van der Waals surface area contributed by atoms with Crippen molar-refractivity contribution in [3.05, 3.63) is 76.6 Å². The van der Waals surface area contributed by atoms with Gasteiger partial charge in [-0.1, -0.05) is 18.2 Å². The average Bonchev–Trinajstić information content (AvgIpc) is 2.67. The number of benzene rings is 1. The van der Waals surface area contributed by atoms with Crippen molar-refractivity contribution in [2.24, 2.45) is 4.99 Å². The number of hydrogen-bond donors (Lipinski definition) is 0. The predicted molar refractivity (Wildman–Crippen MR) is 112 cm³/mol. The van der Waals surface area contributed by atoms with Crippen molar-refractivity contribution in [2.75, 3.05) is 25.5 Å². The Hall–Kier alpha value is -3.13. The maximum Gasteiger partial charge on any atom is 0.273 e. The number of aryl methyl sites for hydroxylation is 1. The zero-order chi connectivity index (χ0) is 20.8. The van der Waals surface area contributed by atoms with Gasteiger partial charge in [0.15, 0.2) is 12.4 Å². The van der Waals surface area contributed by atoms with E-state index in [1.54, 1.807) is 42.1 Å². The summed E-state index contributed by atoms with van der Waals surface area (Å²) in [6.07, 6.45) is 5.08. The first-order chi connectivity index (χ1) is 13.3. The first kappa shape index (κ1) is 21.2. The number of rotatable bonds is 8. The molecule has 0 aliphatic carbocycles. The molecule has 0 spiro atoms. The Labute approximate surface area is 169 Å². The molecule has 1 aromatic carbocycles. The maximum absolute atomic E-state index is 13.2. The average molecular weight is 398 g/mol. The van der Waals surface area contributed by atoms with Gasteiger partial charge in [-0.15, -0.1) is 6.58 Å². The van der Waals surface area contributed by atoms with E-state index in [4.69, 9.17) is 12.6 Å². The number of carbonyl (C=O) groups is 1. The van der Waals surface area contributed by atoms with Gasteiger partial charge in [0.05, 0.1) is 11.5 Å². The molecule has 0 aliphatic heterocycles. The molecule has 0 saturated carbocycles. The van der Waals surface area contributed by atoms with Gasteiger partial charge in [-0.25, -0.2) is 0 Å². The fraction of sp³-hybridized carbons (Fsp3) is 0.250. The zero-order valence-corrected chi connectivity index (χ0v) is 16.8. The highest BCUT2D eigenvalue weighted by Gasteiger charge is 2.29. The number of aromatic nitrogens is 1. The van der Waals surface area contributed by atoms with Crippen LogP contribution in [-0.4, -0.2) is 36.4 Å². The van der Waals surface area contributed by atoms with Crippen LogP contribution in [0.4, 0.5) is 11.4 Å². The van der Waals surface area contributed by atoms with Crippen LogP contribution < -0.4 is 9.47 Å². The molecule has 1 aromatic heterocycles. The minimum Gasteiger partial charge on any atom is -0.758 e. The second kappa shape index (κ2) is 9.18. The number of anilines is 1. The molecule has 0 aliphatic rings. The van der Waals surface area contributed by atoms with E-state index < -0.39 is 11.0 Å². The van der Waals surface area contributed by atoms with E-state index in [1.165, 1.54) is 6.07 Å². The van der Waals surface area contributed by atoms with Gasteiger partial charge < -0.3 is 22.5 Å². The Morgan fingerprint density at radius 2 is 2.00 bits per heavy atom. The summed E-state index contributed by atoms with van der Waals surface area (Å²) in [5.74, 6) is -0.358. The molecule has 0 N–H and O–H groups in total. The molecule has 0 amide bonds. The molecular formula is C20H22N4O3S. The van der Waals surface area contributed by atoms with Crippen LogP contribution in [0, 0.1) is 17.0 Å². The Balaban J connectivity index is 2.52. The topological polar surface area (TPSA) is 79.7 Å². The van der Waals surface area contributed by atoms with Crippen LogP contribution in [0.1, 0.15) is 22.0 Å². The number of nitro groups is 1. The normalized spacial score (nSPS) is 12.3. The third-order valence-electron chi connectivity index (χ3n) is 4.20. The fourth-order valence-electron chi connectivity index (χ4n) is 2.63. The molecule has 2 aromatic rings. The minimum absolute atomic E-state index is 0.105. The largest absolute Gasteiger partial charge is 0.758 e. The van der Waals surface area contributed by atoms with Gasteiger partial charge in [0, 0.05) is 49.1 Å². The number of ketones is 1. The molecule has 8 heteroatoms. The lowest BCUT2D eigenvalue weighted by Gasteiger charge is -2.19. The minimum atomic E-state index is -0.881. The van der Waals surface area contributed by atoms with Gasteiger partial charge in [-0.05, 0) is 12.0 Å². The molecule has 0 fully saturated rings. The molecule has 28 heavy (non-hydrogen) atoms. The molecule has 1 heterocycles. The summed E-state index contributed by atoms with van der Waals surface area (Å²) in [6, 6.07) is 7.25. The third-order valence-corrected chi connectivity index (χ3v) is 4.55. The van der Waals surface area contributed by atoms with Gasteiger partial charge in [-0.3, -0.25) is 14.9 Å². The second-order valence-electron chi connectivity index (χ2n) is 6.39. The summed E-state index contributed by atoms with van der Waals surface area (Å²) in [5, 5.41) is 11.4. The van der Waals surface area contributed by atoms with E-state index in [0.717, 1.165) is 5.69 Å². The highest BCUT2D eigenvalue weighted by atomic mass is 32.1. The number of nitro benzene ring substituents is 1. The first-order valence-corrected chi connectivity index (χ1v) is 8.96. The van der Waals surface area contributed by atoms with Crippen molar-refractivity contribution >= 4 is 34.8 Å².